The van der Waals surface area contributed by atoms with Gasteiger partial charge in [0.15, 0.2) is 5.82 Å². The lowest BCUT2D eigenvalue weighted by Gasteiger charge is -2.07. The fourth-order valence-corrected chi connectivity index (χ4v) is 3.59. The molecule has 6 heteroatoms. The highest BCUT2D eigenvalue weighted by Crippen LogP contribution is 2.28. The smallest absolute Gasteiger partial charge is 0.219 e. The Morgan fingerprint density at radius 1 is 0.613 bits per heavy atom. The normalized spacial score (nSPS) is 11.2. The van der Waals surface area contributed by atoms with Gasteiger partial charge >= 0.3 is 0 Å². The van der Waals surface area contributed by atoms with Crippen LogP contribution in [0.25, 0.3) is 45.0 Å². The standard InChI is InChI=1S/C25H17N5O.2H2/c1-2-10-19-18(9-1)27-24(28-19)16-7-5-8-17(15-16)31-23-14-6-13-22(26-23)25-29-20-11-3-4-12-21(20)30-25;;/h1-15H,(H,27,28)(H,29,30);2*1H. The lowest BCUT2D eigenvalue weighted by molar-refractivity contribution is 0.463. The number of imidazole rings is 2. The molecule has 0 radical (unpaired) electrons. The number of fused-ring (bicyclic) bond motifs is 2. The molecule has 0 bridgehead atoms. The SMILES string of the molecule is [HH].[HH].c1cc(Oc2cccc(-c3nc4ccccc4[nH]3)n2)cc(-c2nc3ccccc3[nH]2)c1. The Bertz CT molecular complexity index is 1360. The summed E-state index contributed by atoms with van der Waals surface area (Å²) in [6.45, 7) is 0. The fourth-order valence-electron chi connectivity index (χ4n) is 3.59. The Kier molecular flexibility index (Phi) is 3.99. The number of nitrogens with zero attached hydrogens (tertiary/aromatic N) is 3. The zero-order chi connectivity index (χ0) is 20.6. The maximum atomic E-state index is 6.06. The molecule has 0 fully saturated rings. The third-order valence-electron chi connectivity index (χ3n) is 5.07. The van der Waals surface area contributed by atoms with Crippen LogP contribution in [0.1, 0.15) is 2.85 Å². The number of pyridine rings is 1. The van der Waals surface area contributed by atoms with Crippen molar-refractivity contribution in [2.24, 2.45) is 0 Å². The summed E-state index contributed by atoms with van der Waals surface area (Å²) in [7, 11) is 0. The number of hydrogen-bond donors (Lipinski definition) is 2. The van der Waals surface area contributed by atoms with Gasteiger partial charge in [0.1, 0.15) is 17.3 Å². The van der Waals surface area contributed by atoms with Crippen LogP contribution in [-0.2, 0) is 0 Å². The molecule has 0 aliphatic heterocycles. The number of hydrogen-bond acceptors (Lipinski definition) is 4. The van der Waals surface area contributed by atoms with Gasteiger partial charge in [0.25, 0.3) is 0 Å². The van der Waals surface area contributed by atoms with Crippen LogP contribution in [0.4, 0.5) is 0 Å². The molecule has 3 heterocycles. The molecule has 0 spiro atoms. The molecule has 0 aliphatic carbocycles. The highest BCUT2D eigenvalue weighted by Gasteiger charge is 2.10. The molecule has 0 unspecified atom stereocenters. The van der Waals surface area contributed by atoms with Crippen LogP contribution in [-0.4, -0.2) is 24.9 Å². The van der Waals surface area contributed by atoms with Gasteiger partial charge in [0.2, 0.25) is 5.88 Å². The van der Waals surface area contributed by atoms with Crippen molar-refractivity contribution in [2.45, 2.75) is 0 Å². The molecule has 31 heavy (non-hydrogen) atoms. The second kappa shape index (κ2) is 7.11. The molecule has 2 N–H and O–H groups in total. The summed E-state index contributed by atoms with van der Waals surface area (Å²) in [5.41, 5.74) is 5.49. The number of nitrogens with one attached hydrogen (secondary N) is 2. The molecule has 0 amide bonds. The van der Waals surface area contributed by atoms with Crippen LogP contribution in [0.2, 0.25) is 0 Å². The molecule has 0 saturated carbocycles. The molecule has 0 saturated heterocycles. The van der Waals surface area contributed by atoms with E-state index < -0.39 is 0 Å². The summed E-state index contributed by atoms with van der Waals surface area (Å²) in [5, 5.41) is 0. The van der Waals surface area contributed by atoms with Crippen molar-refractivity contribution in [2.75, 3.05) is 0 Å². The lowest BCUT2D eigenvalue weighted by Crippen LogP contribution is -1.92. The van der Waals surface area contributed by atoms with Crippen molar-refractivity contribution in [1.29, 1.82) is 0 Å². The van der Waals surface area contributed by atoms with Crippen molar-refractivity contribution < 1.29 is 7.59 Å². The molecule has 3 aromatic carbocycles. The summed E-state index contributed by atoms with van der Waals surface area (Å²) < 4.78 is 6.06. The van der Waals surface area contributed by atoms with E-state index in [1.54, 1.807) is 0 Å². The van der Waals surface area contributed by atoms with E-state index in [0.29, 0.717) is 17.5 Å². The first kappa shape index (κ1) is 17.4. The molecule has 6 aromatic rings. The molecule has 6 rings (SSSR count). The molecule has 0 atom stereocenters. The average Bonchev–Trinajstić information content (AvgIpc) is 3.44. The van der Waals surface area contributed by atoms with Crippen molar-refractivity contribution in [3.8, 4) is 34.5 Å². The van der Waals surface area contributed by atoms with Crippen LogP contribution in [0.3, 0.4) is 0 Å². The van der Waals surface area contributed by atoms with Gasteiger partial charge in [-0.25, -0.2) is 15.0 Å². The van der Waals surface area contributed by atoms with Crippen LogP contribution >= 0.6 is 0 Å². The zero-order valence-corrected chi connectivity index (χ0v) is 16.4. The molecule has 0 aliphatic rings. The van der Waals surface area contributed by atoms with Gasteiger partial charge in [0, 0.05) is 14.5 Å². The predicted molar refractivity (Wildman–Crippen MR) is 125 cm³/mol. The molecule has 152 valence electrons. The summed E-state index contributed by atoms with van der Waals surface area (Å²) in [6, 6.07) is 29.3. The summed E-state index contributed by atoms with van der Waals surface area (Å²) in [5.74, 6) is 2.70. The Morgan fingerprint density at radius 3 is 2.06 bits per heavy atom. The minimum atomic E-state index is 0. The van der Waals surface area contributed by atoms with E-state index in [4.69, 9.17) is 4.74 Å². The van der Waals surface area contributed by atoms with E-state index in [1.165, 1.54) is 0 Å². The van der Waals surface area contributed by atoms with Gasteiger partial charge in [-0.15, -0.1) is 0 Å². The van der Waals surface area contributed by atoms with E-state index >= 15 is 0 Å². The number of ether oxygens (including phenoxy) is 1. The van der Waals surface area contributed by atoms with Gasteiger partial charge in [-0.1, -0.05) is 42.5 Å². The molecular formula is C25H21N5O. The second-order valence-electron chi connectivity index (χ2n) is 7.20. The van der Waals surface area contributed by atoms with Gasteiger partial charge in [-0.2, -0.15) is 0 Å². The number of benzene rings is 3. The maximum absolute atomic E-state index is 6.06. The van der Waals surface area contributed by atoms with Gasteiger partial charge in [-0.3, -0.25) is 0 Å². The fraction of sp³-hybridized carbons (Fsp3) is 0. The quantitative estimate of drug-likeness (QED) is 0.352. The van der Waals surface area contributed by atoms with Crippen LogP contribution in [0.15, 0.2) is 91.0 Å². The third kappa shape index (κ3) is 3.30. The first-order valence-electron chi connectivity index (χ1n) is 9.97. The van der Waals surface area contributed by atoms with Crippen molar-refractivity contribution >= 4 is 22.1 Å². The van der Waals surface area contributed by atoms with Crippen molar-refractivity contribution in [1.82, 2.24) is 24.9 Å². The van der Waals surface area contributed by atoms with Crippen LogP contribution < -0.4 is 4.74 Å². The molecule has 3 aromatic heterocycles. The number of rotatable bonds is 4. The zero-order valence-electron chi connectivity index (χ0n) is 16.4. The highest BCUT2D eigenvalue weighted by molar-refractivity contribution is 5.80. The van der Waals surface area contributed by atoms with Crippen molar-refractivity contribution in [3.05, 3.63) is 91.0 Å². The summed E-state index contributed by atoms with van der Waals surface area (Å²) >= 11 is 0. The summed E-state index contributed by atoms with van der Waals surface area (Å²) in [4.78, 5) is 20.6. The maximum Gasteiger partial charge on any atom is 0.219 e. The predicted octanol–water partition coefficient (Wildman–Crippen LogP) is 6.45. The van der Waals surface area contributed by atoms with Crippen LogP contribution in [0, 0.1) is 0 Å². The number of para-hydroxylation sites is 4. The highest BCUT2D eigenvalue weighted by atomic mass is 16.5. The van der Waals surface area contributed by atoms with Crippen LogP contribution in [0.5, 0.6) is 11.6 Å². The lowest BCUT2D eigenvalue weighted by atomic mass is 10.2. The van der Waals surface area contributed by atoms with E-state index in [0.717, 1.165) is 39.1 Å². The molecule has 6 nitrogen and oxygen atoms in total. The number of aromatic amines is 2. The van der Waals surface area contributed by atoms with Crippen molar-refractivity contribution in [3.63, 3.8) is 0 Å². The Morgan fingerprint density at radius 2 is 1.29 bits per heavy atom. The Labute approximate surface area is 180 Å². The topological polar surface area (TPSA) is 79.5 Å². The number of aromatic nitrogens is 5. The second-order valence-corrected chi connectivity index (χ2v) is 7.20. The van der Waals surface area contributed by atoms with Gasteiger partial charge < -0.3 is 14.7 Å². The first-order chi connectivity index (χ1) is 15.3. The summed E-state index contributed by atoms with van der Waals surface area (Å²) in [6.07, 6.45) is 0. The van der Waals surface area contributed by atoms with Gasteiger partial charge in [-0.05, 0) is 42.5 Å². The monoisotopic (exact) mass is 407 g/mol. The van der Waals surface area contributed by atoms with E-state index in [1.807, 2.05) is 91.0 Å². The van der Waals surface area contributed by atoms with E-state index in [2.05, 4.69) is 24.9 Å². The van der Waals surface area contributed by atoms with E-state index in [9.17, 15) is 0 Å². The Balaban J connectivity index is 0.00000130. The largest absolute Gasteiger partial charge is 0.439 e. The third-order valence-corrected chi connectivity index (χ3v) is 5.07. The number of H-pyrrole nitrogens is 2. The first-order valence-corrected chi connectivity index (χ1v) is 9.97. The minimum absolute atomic E-state index is 0. The van der Waals surface area contributed by atoms with E-state index in [-0.39, 0.29) is 2.85 Å². The Hall–Kier alpha value is -4.45. The molecular weight excluding hydrogens is 386 g/mol. The van der Waals surface area contributed by atoms with Gasteiger partial charge in [0.05, 0.1) is 22.1 Å². The minimum Gasteiger partial charge on any atom is -0.439 e. The average molecular weight is 407 g/mol.